The molecule has 0 saturated heterocycles. The third-order valence-corrected chi connectivity index (χ3v) is 8.05. The highest BCUT2D eigenvalue weighted by Gasteiger charge is 2.19. The topological polar surface area (TPSA) is 143 Å². The maximum absolute atomic E-state index is 12.6. The molecule has 12 heteroatoms. The molecule has 1 aromatic carbocycles. The van der Waals surface area contributed by atoms with Crippen molar-refractivity contribution in [1.82, 2.24) is 15.0 Å². The number of carboxylic acid groups (broad SMARTS) is 1. The van der Waals surface area contributed by atoms with E-state index in [0.717, 1.165) is 26.9 Å². The molecule has 1 amide bonds. The summed E-state index contributed by atoms with van der Waals surface area (Å²) in [6.45, 7) is 1.90. The summed E-state index contributed by atoms with van der Waals surface area (Å²) < 4.78 is 27.9. The van der Waals surface area contributed by atoms with Gasteiger partial charge < -0.3 is 15.2 Å². The van der Waals surface area contributed by atoms with Crippen LogP contribution in [0.3, 0.4) is 0 Å². The Labute approximate surface area is 192 Å². The minimum absolute atomic E-state index is 0.0171. The Morgan fingerprint density at radius 2 is 1.91 bits per heavy atom. The average molecular weight is 494 g/mol. The second-order valence-corrected chi connectivity index (χ2v) is 10.8. The van der Waals surface area contributed by atoms with Crippen molar-refractivity contribution in [3.05, 3.63) is 57.9 Å². The summed E-state index contributed by atoms with van der Waals surface area (Å²) >= 11 is 2.62. The van der Waals surface area contributed by atoms with E-state index >= 15 is 0 Å². The minimum Gasteiger partial charge on any atom is -0.481 e. The summed E-state index contributed by atoms with van der Waals surface area (Å²) in [7, 11) is -3.73. The van der Waals surface area contributed by atoms with Crippen LogP contribution in [0.15, 0.2) is 46.0 Å². The predicted octanol–water partition coefficient (Wildman–Crippen LogP) is 2.43. The van der Waals surface area contributed by atoms with Crippen LogP contribution in [0, 0.1) is 6.92 Å². The van der Waals surface area contributed by atoms with Crippen molar-refractivity contribution in [2.75, 3.05) is 0 Å². The molecule has 0 aliphatic heterocycles. The van der Waals surface area contributed by atoms with Crippen LogP contribution in [0.5, 0.6) is 0 Å². The first-order chi connectivity index (χ1) is 15.2. The van der Waals surface area contributed by atoms with Gasteiger partial charge in [0.05, 0.1) is 28.0 Å². The number of carboxylic acids is 1. The number of sulfonamides is 1. The molecule has 0 bridgehead atoms. The zero-order valence-electron chi connectivity index (χ0n) is 16.8. The van der Waals surface area contributed by atoms with E-state index in [9.17, 15) is 22.8 Å². The van der Waals surface area contributed by atoms with Gasteiger partial charge in [-0.15, -0.1) is 22.7 Å². The van der Waals surface area contributed by atoms with Crippen molar-refractivity contribution < 1.29 is 27.9 Å². The Morgan fingerprint density at radius 3 is 2.50 bits per heavy atom. The van der Waals surface area contributed by atoms with Crippen LogP contribution in [0.2, 0.25) is 0 Å². The van der Waals surface area contributed by atoms with Gasteiger partial charge in [0.1, 0.15) is 10.5 Å². The summed E-state index contributed by atoms with van der Waals surface area (Å²) in [5, 5.41) is 13.8. The normalized spacial score (nSPS) is 12.3. The summed E-state index contributed by atoms with van der Waals surface area (Å²) in [4.78, 5) is 38.9. The highest BCUT2D eigenvalue weighted by atomic mass is 32.2. The van der Waals surface area contributed by atoms with Crippen LogP contribution in [-0.2, 0) is 26.2 Å². The van der Waals surface area contributed by atoms with Crippen LogP contribution in [0.25, 0.3) is 10.6 Å². The number of aromatic nitrogens is 1. The first-order valence-corrected chi connectivity index (χ1v) is 12.4. The number of hydrogen-bond donors (Lipinski definition) is 3. The number of rotatable bonds is 10. The first-order valence-electron chi connectivity index (χ1n) is 9.27. The monoisotopic (exact) mass is 493 g/mol. The maximum Gasteiger partial charge on any atom is 0.305 e. The number of thiophene rings is 1. The second kappa shape index (κ2) is 10.1. The summed E-state index contributed by atoms with van der Waals surface area (Å²) in [5.41, 5.74) is 1.58. The average Bonchev–Trinajstić information content (AvgIpc) is 3.41. The molecular weight excluding hydrogens is 474 g/mol. The molecule has 0 spiro atoms. The van der Waals surface area contributed by atoms with Crippen LogP contribution in [0.1, 0.15) is 27.3 Å². The lowest BCUT2D eigenvalue weighted by molar-refractivity contribution is -0.138. The second-order valence-electron chi connectivity index (χ2n) is 6.71. The lowest BCUT2D eigenvalue weighted by Crippen LogP contribution is -2.37. The number of thiazole rings is 1. The molecule has 0 aliphatic carbocycles. The third kappa shape index (κ3) is 6.07. The highest BCUT2D eigenvalue weighted by molar-refractivity contribution is 7.91. The van der Waals surface area contributed by atoms with Gasteiger partial charge in [0.25, 0.3) is 5.91 Å². The predicted molar refractivity (Wildman–Crippen MR) is 120 cm³/mol. The van der Waals surface area contributed by atoms with Gasteiger partial charge in [0.2, 0.25) is 10.0 Å². The number of aldehydes is 1. The van der Waals surface area contributed by atoms with E-state index in [1.165, 1.54) is 29.5 Å². The number of nitrogens with zero attached hydrogens (tertiary/aromatic N) is 1. The maximum atomic E-state index is 12.6. The fourth-order valence-corrected chi connectivity index (χ4v) is 5.69. The van der Waals surface area contributed by atoms with E-state index in [1.54, 1.807) is 18.2 Å². The molecule has 0 fully saturated rings. The van der Waals surface area contributed by atoms with Crippen molar-refractivity contribution >= 4 is 50.9 Å². The van der Waals surface area contributed by atoms with E-state index in [4.69, 9.17) is 5.11 Å². The third-order valence-electron chi connectivity index (χ3n) is 4.28. The number of aryl methyl sites for hydroxylation is 1. The van der Waals surface area contributed by atoms with Gasteiger partial charge in [0, 0.05) is 17.5 Å². The minimum atomic E-state index is -3.73. The van der Waals surface area contributed by atoms with Crippen LogP contribution in [-0.4, -0.2) is 42.7 Å². The number of benzene rings is 1. The fraction of sp³-hybridized carbons (Fsp3) is 0.200. The Kier molecular flexibility index (Phi) is 7.51. The van der Waals surface area contributed by atoms with Gasteiger partial charge >= 0.3 is 5.97 Å². The van der Waals surface area contributed by atoms with Gasteiger partial charge in [-0.1, -0.05) is 12.1 Å². The van der Waals surface area contributed by atoms with Gasteiger partial charge in [-0.05, 0) is 36.8 Å². The van der Waals surface area contributed by atoms with Crippen molar-refractivity contribution in [2.45, 2.75) is 30.1 Å². The van der Waals surface area contributed by atoms with Crippen molar-refractivity contribution in [2.24, 2.45) is 0 Å². The summed E-state index contributed by atoms with van der Waals surface area (Å²) in [6.07, 6.45) is -0.150. The molecule has 0 unspecified atom stereocenters. The van der Waals surface area contributed by atoms with E-state index in [2.05, 4.69) is 15.0 Å². The van der Waals surface area contributed by atoms with Crippen molar-refractivity contribution in [3.63, 3.8) is 0 Å². The summed E-state index contributed by atoms with van der Waals surface area (Å²) in [5.74, 6) is -1.80. The molecule has 0 aliphatic rings. The van der Waals surface area contributed by atoms with Gasteiger partial charge in [-0.2, -0.15) is 0 Å². The fourth-order valence-electron chi connectivity index (χ4n) is 2.68. The van der Waals surface area contributed by atoms with E-state index in [1.807, 2.05) is 12.3 Å². The van der Waals surface area contributed by atoms with Gasteiger partial charge in [-0.25, -0.2) is 18.1 Å². The number of amides is 1. The van der Waals surface area contributed by atoms with E-state index < -0.39 is 34.4 Å². The Morgan fingerprint density at radius 1 is 1.19 bits per heavy atom. The Bertz CT molecular complexity index is 1230. The molecule has 0 saturated carbocycles. The number of aliphatic carboxylic acids is 1. The zero-order valence-corrected chi connectivity index (χ0v) is 19.2. The standard InChI is InChI=1S/C20H19N3O6S3/c1-12-22-16(11-30-12)17-6-7-19(31-17)32(28,29)21-9-13-2-4-14(5-3-13)20(27)23-15(10-24)8-18(25)26/h2-7,10-11,15,21H,8-9H2,1H3,(H,23,27)(H,25,26)/t15-/m0/s1. The highest BCUT2D eigenvalue weighted by Crippen LogP contribution is 2.31. The lowest BCUT2D eigenvalue weighted by Gasteiger charge is -2.11. The largest absolute Gasteiger partial charge is 0.481 e. The smallest absolute Gasteiger partial charge is 0.305 e. The number of carbonyl (C=O) groups is 3. The first kappa shape index (κ1) is 23.7. The number of nitrogens with one attached hydrogen (secondary N) is 2. The van der Waals surface area contributed by atoms with Gasteiger partial charge in [0.15, 0.2) is 0 Å². The van der Waals surface area contributed by atoms with Crippen molar-refractivity contribution in [3.8, 4) is 10.6 Å². The molecule has 168 valence electrons. The van der Waals surface area contributed by atoms with Crippen molar-refractivity contribution in [1.29, 1.82) is 0 Å². The molecule has 0 radical (unpaired) electrons. The molecule has 32 heavy (non-hydrogen) atoms. The number of hydrogen-bond acceptors (Lipinski definition) is 8. The molecular formula is C20H19N3O6S3. The van der Waals surface area contributed by atoms with E-state index in [0.29, 0.717) is 11.8 Å². The molecule has 3 aromatic rings. The molecule has 3 N–H and O–H groups in total. The van der Waals surface area contributed by atoms with Crippen LogP contribution < -0.4 is 10.0 Å². The molecule has 2 aromatic heterocycles. The SMILES string of the molecule is Cc1nc(-c2ccc(S(=O)(=O)NCc3ccc(C(=O)N[C@H](C=O)CC(=O)O)cc3)s2)cs1. The lowest BCUT2D eigenvalue weighted by atomic mass is 10.1. The molecule has 2 heterocycles. The van der Waals surface area contributed by atoms with Gasteiger partial charge in [-0.3, -0.25) is 9.59 Å². The van der Waals surface area contributed by atoms with Crippen LogP contribution >= 0.6 is 22.7 Å². The Hall–Kier alpha value is -2.93. The molecule has 1 atom stereocenters. The van der Waals surface area contributed by atoms with Crippen LogP contribution in [0.4, 0.5) is 0 Å². The quantitative estimate of drug-likeness (QED) is 0.368. The number of carbonyl (C=O) groups excluding carboxylic acids is 2. The molecule has 3 rings (SSSR count). The van der Waals surface area contributed by atoms with E-state index in [-0.39, 0.29) is 16.3 Å². The zero-order chi connectivity index (χ0) is 23.3. The molecule has 9 nitrogen and oxygen atoms in total. The summed E-state index contributed by atoms with van der Waals surface area (Å²) in [6, 6.07) is 8.20. The Balaban J connectivity index is 1.61.